The number of hydrogen-bond acceptors (Lipinski definition) is 5. The summed E-state index contributed by atoms with van der Waals surface area (Å²) in [5.41, 5.74) is 3.28. The van der Waals surface area contributed by atoms with E-state index >= 15 is 0 Å². The van der Waals surface area contributed by atoms with Gasteiger partial charge in [0.15, 0.2) is 0 Å². The molecule has 1 aliphatic carbocycles. The summed E-state index contributed by atoms with van der Waals surface area (Å²) in [6, 6.07) is 11.2. The number of benzene rings is 1. The molecule has 2 aromatic rings. The van der Waals surface area contributed by atoms with Gasteiger partial charge in [-0.05, 0) is 70.6 Å². The van der Waals surface area contributed by atoms with Crippen molar-refractivity contribution in [3.63, 3.8) is 0 Å². The number of aromatic carboxylic acids is 1. The van der Waals surface area contributed by atoms with Crippen LogP contribution in [-0.4, -0.2) is 30.1 Å². The lowest BCUT2D eigenvalue weighted by atomic mass is 9.82. The lowest BCUT2D eigenvalue weighted by Gasteiger charge is -2.31. The highest BCUT2D eigenvalue weighted by atomic mass is 32.1. The van der Waals surface area contributed by atoms with Crippen LogP contribution in [0.25, 0.3) is 0 Å². The lowest BCUT2D eigenvalue weighted by molar-refractivity contribution is -0.124. The number of carboxylic acids is 1. The minimum atomic E-state index is -1.07. The molecule has 3 rings (SSSR count). The van der Waals surface area contributed by atoms with Crippen molar-refractivity contribution in [1.82, 2.24) is 5.43 Å². The topological polar surface area (TPSA) is 78.9 Å². The summed E-state index contributed by atoms with van der Waals surface area (Å²) in [7, 11) is 0. The van der Waals surface area contributed by atoms with Gasteiger partial charge in [-0.2, -0.15) is 0 Å². The second-order valence-electron chi connectivity index (χ2n) is 9.83. The summed E-state index contributed by atoms with van der Waals surface area (Å²) < 4.78 is 5.75. The third-order valence-corrected chi connectivity index (χ3v) is 6.71. The Kier molecular flexibility index (Phi) is 8.76. The first-order valence-electron chi connectivity index (χ1n) is 11.8. The Balaban J connectivity index is 1.84. The summed E-state index contributed by atoms with van der Waals surface area (Å²) in [4.78, 5) is 26.4. The highest BCUT2D eigenvalue weighted by Gasteiger charge is 2.32. The van der Waals surface area contributed by atoms with E-state index in [1.807, 2.05) is 51.1 Å². The minimum Gasteiger partial charge on any atom is -0.492 e. The molecule has 1 amide bonds. The number of carbonyl (C=O) groups is 2. The Hall–Kier alpha value is -2.82. The van der Waals surface area contributed by atoms with E-state index in [-0.39, 0.29) is 22.1 Å². The highest BCUT2D eigenvalue weighted by Crippen LogP contribution is 2.34. The molecule has 0 atom stereocenters. The van der Waals surface area contributed by atoms with Gasteiger partial charge < -0.3 is 9.84 Å². The van der Waals surface area contributed by atoms with Crippen molar-refractivity contribution < 1.29 is 19.4 Å². The van der Waals surface area contributed by atoms with Gasteiger partial charge in [0.25, 0.3) is 0 Å². The molecule has 0 saturated heterocycles. The number of amides is 1. The summed E-state index contributed by atoms with van der Waals surface area (Å²) in [6.45, 7) is 8.89. The van der Waals surface area contributed by atoms with Crippen LogP contribution < -0.4 is 15.2 Å². The molecule has 0 spiro atoms. The molecule has 1 heterocycles. The molecule has 6 nitrogen and oxygen atoms in total. The number of nitrogens with one attached hydrogen (secondary N) is 1. The van der Waals surface area contributed by atoms with Crippen LogP contribution >= 0.6 is 11.3 Å². The molecular weight excluding hydrogens is 448 g/mol. The molecule has 1 aromatic heterocycles. The van der Waals surface area contributed by atoms with Crippen molar-refractivity contribution in [3.05, 3.63) is 46.2 Å². The van der Waals surface area contributed by atoms with Crippen LogP contribution in [0.3, 0.4) is 0 Å². The Bertz CT molecular complexity index is 1040. The fourth-order valence-corrected chi connectivity index (χ4v) is 4.66. The molecule has 2 N–H and O–H groups in total. The van der Waals surface area contributed by atoms with Crippen LogP contribution in [0.1, 0.15) is 67.9 Å². The van der Waals surface area contributed by atoms with Crippen LogP contribution in [0.2, 0.25) is 0 Å². The van der Waals surface area contributed by atoms with Gasteiger partial charge in [-0.15, -0.1) is 11.3 Å². The number of carbonyl (C=O) groups excluding carboxylic acids is 1. The molecule has 0 radical (unpaired) electrons. The lowest BCUT2D eigenvalue weighted by Crippen LogP contribution is -2.48. The van der Waals surface area contributed by atoms with Crippen LogP contribution in [0, 0.1) is 29.1 Å². The van der Waals surface area contributed by atoms with E-state index in [0.29, 0.717) is 29.6 Å². The first-order valence-corrected chi connectivity index (χ1v) is 12.6. The fourth-order valence-electron chi connectivity index (χ4n) is 3.83. The van der Waals surface area contributed by atoms with Crippen molar-refractivity contribution >= 4 is 28.9 Å². The molecule has 0 unspecified atom stereocenters. The van der Waals surface area contributed by atoms with Crippen LogP contribution in [0.5, 0.6) is 5.75 Å². The normalized spacial score (nSPS) is 18.0. The molecule has 1 aromatic carbocycles. The molecule has 1 fully saturated rings. The summed E-state index contributed by atoms with van der Waals surface area (Å²) in [6.07, 6.45) is 3.61. The van der Waals surface area contributed by atoms with Crippen molar-refractivity contribution in [2.45, 2.75) is 53.4 Å². The molecule has 1 aliphatic rings. The average molecular weight is 483 g/mol. The van der Waals surface area contributed by atoms with E-state index in [4.69, 9.17) is 4.74 Å². The largest absolute Gasteiger partial charge is 0.492 e. The monoisotopic (exact) mass is 482 g/mol. The fraction of sp³-hybridized carbons (Fsp3) is 0.481. The predicted octanol–water partition coefficient (Wildman–Crippen LogP) is 5.59. The quantitative estimate of drug-likeness (QED) is 0.291. The van der Waals surface area contributed by atoms with Crippen LogP contribution in [0.4, 0.5) is 5.69 Å². The Labute approximate surface area is 206 Å². The van der Waals surface area contributed by atoms with Crippen molar-refractivity contribution in [1.29, 1.82) is 0 Å². The van der Waals surface area contributed by atoms with Gasteiger partial charge in [0, 0.05) is 17.9 Å². The zero-order valence-corrected chi connectivity index (χ0v) is 21.2. The molecule has 182 valence electrons. The summed E-state index contributed by atoms with van der Waals surface area (Å²) in [5.74, 6) is 6.28. The number of thiophene rings is 1. The second-order valence-corrected chi connectivity index (χ2v) is 10.9. The number of anilines is 1. The van der Waals surface area contributed by atoms with Gasteiger partial charge in [-0.3, -0.25) is 4.79 Å². The smallest absolute Gasteiger partial charge is 0.348 e. The minimum absolute atomic E-state index is 0.0951. The van der Waals surface area contributed by atoms with Crippen molar-refractivity contribution in [3.8, 4) is 17.6 Å². The molecule has 34 heavy (non-hydrogen) atoms. The SMILES string of the molecule is CC1CCC(C(=O)N(NCCOc2ccccc2)c2cc(C#CC(C)(C)C)sc2C(=O)O)CC1. The number of para-hydroxylation sites is 1. The number of hydrazine groups is 1. The second kappa shape index (κ2) is 11.5. The number of ether oxygens (including phenoxy) is 1. The van der Waals surface area contributed by atoms with Gasteiger partial charge in [-0.1, -0.05) is 37.0 Å². The third-order valence-electron chi connectivity index (χ3n) is 5.68. The van der Waals surface area contributed by atoms with Crippen LogP contribution in [0.15, 0.2) is 36.4 Å². The zero-order valence-electron chi connectivity index (χ0n) is 20.4. The predicted molar refractivity (Wildman–Crippen MR) is 136 cm³/mol. The number of hydrogen-bond donors (Lipinski definition) is 2. The van der Waals surface area contributed by atoms with Gasteiger partial charge >= 0.3 is 5.97 Å². The van der Waals surface area contributed by atoms with E-state index in [2.05, 4.69) is 24.2 Å². The first kappa shape index (κ1) is 25.8. The van der Waals surface area contributed by atoms with Crippen molar-refractivity contribution in [2.75, 3.05) is 18.2 Å². The van der Waals surface area contributed by atoms with Gasteiger partial charge in [0.05, 0.1) is 10.6 Å². The van der Waals surface area contributed by atoms with Gasteiger partial charge in [0.1, 0.15) is 17.2 Å². The van der Waals surface area contributed by atoms with Gasteiger partial charge in [0.2, 0.25) is 5.91 Å². The van der Waals surface area contributed by atoms with Crippen LogP contribution in [-0.2, 0) is 4.79 Å². The van der Waals surface area contributed by atoms with Crippen molar-refractivity contribution in [2.24, 2.45) is 17.3 Å². The molecule has 0 aliphatic heterocycles. The van der Waals surface area contributed by atoms with E-state index in [9.17, 15) is 14.7 Å². The van der Waals surface area contributed by atoms with E-state index in [1.54, 1.807) is 6.07 Å². The molecule has 0 bridgehead atoms. The molecular formula is C27H34N2O4S. The van der Waals surface area contributed by atoms with E-state index < -0.39 is 5.97 Å². The standard InChI is InChI=1S/C27H34N2O4S/c1-19-10-12-20(13-11-19)25(30)29(28-16-17-33-21-8-6-5-7-9-21)23-18-22(14-15-27(2,3)4)34-24(23)26(31)32/h5-9,18-20,28H,10-13,16-17H2,1-4H3,(H,31,32). The number of nitrogens with zero attached hydrogens (tertiary/aromatic N) is 1. The molecule has 1 saturated carbocycles. The van der Waals surface area contributed by atoms with Gasteiger partial charge in [-0.25, -0.2) is 15.2 Å². The van der Waals surface area contributed by atoms with E-state index in [1.165, 1.54) is 5.01 Å². The maximum atomic E-state index is 13.6. The Morgan fingerprint density at radius 2 is 1.85 bits per heavy atom. The summed E-state index contributed by atoms with van der Waals surface area (Å²) >= 11 is 1.10. The first-order chi connectivity index (χ1) is 16.1. The number of rotatable bonds is 8. The number of carboxylic acid groups (broad SMARTS) is 1. The maximum Gasteiger partial charge on any atom is 0.348 e. The van der Waals surface area contributed by atoms with E-state index in [0.717, 1.165) is 42.8 Å². The maximum absolute atomic E-state index is 13.6. The third kappa shape index (κ3) is 7.34. The zero-order chi connectivity index (χ0) is 24.7. The molecule has 7 heteroatoms. The average Bonchev–Trinajstić information content (AvgIpc) is 3.22. The highest BCUT2D eigenvalue weighted by molar-refractivity contribution is 7.15. The Morgan fingerprint density at radius 1 is 1.18 bits per heavy atom. The Morgan fingerprint density at radius 3 is 2.47 bits per heavy atom. The summed E-state index contributed by atoms with van der Waals surface area (Å²) in [5, 5.41) is 11.3.